The molecule has 8 heteroatoms. The van der Waals surface area contributed by atoms with E-state index in [9.17, 15) is 0 Å². The molecule has 2 N–H and O–H groups in total. The van der Waals surface area contributed by atoms with Gasteiger partial charge in [0.1, 0.15) is 11.7 Å². The summed E-state index contributed by atoms with van der Waals surface area (Å²) in [5, 5.41) is 14.8. The van der Waals surface area contributed by atoms with Gasteiger partial charge in [0.05, 0.1) is 13.1 Å². The molecule has 2 fully saturated rings. The van der Waals surface area contributed by atoms with Crippen LogP contribution in [0.25, 0.3) is 0 Å². The number of carboxylic acids is 2. The lowest BCUT2D eigenvalue weighted by Gasteiger charge is -2.23. The molecular weight excluding hydrogens is 649 g/mol. The number of aliphatic carboxylic acids is 2. The normalized spacial score (nSPS) is 20.2. The van der Waals surface area contributed by atoms with Gasteiger partial charge in [-0.3, -0.25) is 9.98 Å². The summed E-state index contributed by atoms with van der Waals surface area (Å²) in [7, 11) is 0. The minimum Gasteiger partial charge on any atom is -0.473 e. The fourth-order valence-corrected chi connectivity index (χ4v) is 8.04. The van der Waals surface area contributed by atoms with E-state index >= 15 is 0 Å². The highest BCUT2D eigenvalue weighted by atomic mass is 16.4. The topological polar surface area (TPSA) is 106 Å². The van der Waals surface area contributed by atoms with Crippen LogP contribution < -0.4 is 0 Å². The van der Waals surface area contributed by atoms with Gasteiger partial charge in [-0.1, -0.05) is 133 Å². The zero-order valence-corrected chi connectivity index (χ0v) is 29.4. The van der Waals surface area contributed by atoms with Gasteiger partial charge >= 0.3 is 11.9 Å². The first-order chi connectivity index (χ1) is 25.4. The predicted octanol–water partition coefficient (Wildman–Crippen LogP) is 6.94. The van der Waals surface area contributed by atoms with E-state index in [-0.39, 0.29) is 10.8 Å². The SMILES string of the molecule is C=CCN1CCN=C1C1CC1(c1ccccc1)c1ccccc1.C=CCN1CCN=C1C1CC1(c1ccccc1)c1ccccc1.O=C(O)C(=O)O. The highest BCUT2D eigenvalue weighted by Crippen LogP contribution is 2.61. The lowest BCUT2D eigenvalue weighted by atomic mass is 9.85. The Hall–Kier alpha value is -5.76. The van der Waals surface area contributed by atoms with E-state index < -0.39 is 11.9 Å². The molecule has 0 saturated heterocycles. The largest absolute Gasteiger partial charge is 0.473 e. The Morgan fingerprint density at radius 2 is 0.865 bits per heavy atom. The third-order valence-corrected chi connectivity index (χ3v) is 10.5. The van der Waals surface area contributed by atoms with Crippen LogP contribution in [0.1, 0.15) is 35.1 Å². The van der Waals surface area contributed by atoms with E-state index in [0.29, 0.717) is 11.8 Å². The molecule has 0 bridgehead atoms. The maximum atomic E-state index is 9.10. The van der Waals surface area contributed by atoms with Crippen LogP contribution in [0, 0.1) is 11.8 Å². The molecule has 4 aliphatic rings. The Morgan fingerprint density at radius 1 is 0.577 bits per heavy atom. The molecule has 0 spiro atoms. The van der Waals surface area contributed by atoms with E-state index in [1.807, 2.05) is 12.2 Å². The van der Waals surface area contributed by atoms with Gasteiger partial charge in [0, 0.05) is 48.8 Å². The van der Waals surface area contributed by atoms with Crippen LogP contribution in [0.5, 0.6) is 0 Å². The molecule has 4 aromatic rings. The molecule has 2 heterocycles. The second kappa shape index (κ2) is 16.1. The van der Waals surface area contributed by atoms with Crippen LogP contribution in [0.4, 0.5) is 0 Å². The number of nitrogens with zero attached hydrogens (tertiary/aromatic N) is 4. The standard InChI is InChI=1S/2C21H22N2.C2H2O4/c2*1-2-14-23-15-13-22-20(23)19-16-21(19,17-9-5-3-6-10-17)18-11-7-4-8-12-18;3-1(4)2(5)6/h2*2-12,19H,1,13-16H2;(H,3,4)(H,5,6). The van der Waals surface area contributed by atoms with E-state index in [1.165, 1.54) is 33.9 Å². The van der Waals surface area contributed by atoms with Gasteiger partial charge in [-0.2, -0.15) is 0 Å². The van der Waals surface area contributed by atoms with Crippen molar-refractivity contribution in [2.45, 2.75) is 23.7 Å². The predicted molar refractivity (Wildman–Crippen MR) is 207 cm³/mol. The first-order valence-corrected chi connectivity index (χ1v) is 17.9. The average molecular weight is 695 g/mol. The average Bonchev–Trinajstić information content (AvgIpc) is 4.00. The van der Waals surface area contributed by atoms with Gasteiger partial charge in [-0.05, 0) is 35.1 Å². The molecule has 8 nitrogen and oxygen atoms in total. The third kappa shape index (κ3) is 7.33. The number of carboxylic acid groups (broad SMARTS) is 2. The van der Waals surface area contributed by atoms with Crippen LogP contribution in [0.2, 0.25) is 0 Å². The summed E-state index contributed by atoms with van der Waals surface area (Å²) in [5.74, 6) is -0.135. The van der Waals surface area contributed by atoms with Crippen molar-refractivity contribution < 1.29 is 19.8 Å². The van der Waals surface area contributed by atoms with Crippen molar-refractivity contribution in [3.05, 3.63) is 169 Å². The van der Waals surface area contributed by atoms with Crippen molar-refractivity contribution in [1.29, 1.82) is 0 Å². The zero-order chi connectivity index (χ0) is 36.6. The van der Waals surface area contributed by atoms with Crippen LogP contribution in [-0.4, -0.2) is 82.9 Å². The fourth-order valence-electron chi connectivity index (χ4n) is 8.04. The molecule has 52 heavy (non-hydrogen) atoms. The maximum Gasteiger partial charge on any atom is 0.414 e. The second-order valence-electron chi connectivity index (χ2n) is 13.5. The summed E-state index contributed by atoms with van der Waals surface area (Å²) >= 11 is 0. The minimum atomic E-state index is -1.82. The Bertz CT molecular complexity index is 1690. The van der Waals surface area contributed by atoms with Crippen molar-refractivity contribution in [3.8, 4) is 0 Å². The summed E-state index contributed by atoms with van der Waals surface area (Å²) in [4.78, 5) is 32.7. The molecule has 0 amide bonds. The van der Waals surface area contributed by atoms with E-state index in [1.54, 1.807) is 0 Å². The second-order valence-corrected chi connectivity index (χ2v) is 13.5. The lowest BCUT2D eigenvalue weighted by Crippen LogP contribution is -2.31. The summed E-state index contributed by atoms with van der Waals surface area (Å²) in [6.07, 6.45) is 6.26. The highest BCUT2D eigenvalue weighted by Gasteiger charge is 2.61. The summed E-state index contributed by atoms with van der Waals surface area (Å²) in [6, 6.07) is 43.7. The number of benzene rings is 4. The van der Waals surface area contributed by atoms with Gasteiger partial charge in [0.25, 0.3) is 0 Å². The van der Waals surface area contributed by atoms with Crippen LogP contribution in [-0.2, 0) is 20.4 Å². The smallest absolute Gasteiger partial charge is 0.414 e. The van der Waals surface area contributed by atoms with E-state index in [2.05, 4.69) is 144 Å². The van der Waals surface area contributed by atoms with Gasteiger partial charge in [-0.15, -0.1) is 13.2 Å². The van der Waals surface area contributed by atoms with Crippen LogP contribution in [0.3, 0.4) is 0 Å². The molecule has 266 valence electrons. The van der Waals surface area contributed by atoms with Gasteiger partial charge < -0.3 is 20.0 Å². The number of carbonyl (C=O) groups is 2. The van der Waals surface area contributed by atoms with Gasteiger partial charge in [0.15, 0.2) is 0 Å². The fraction of sp³-hybridized carbons (Fsp3) is 0.273. The van der Waals surface area contributed by atoms with Crippen LogP contribution >= 0.6 is 0 Å². The Kier molecular flexibility index (Phi) is 11.1. The molecule has 2 atom stereocenters. The molecule has 2 aliphatic heterocycles. The Labute approximate surface area is 306 Å². The zero-order valence-electron chi connectivity index (χ0n) is 29.4. The molecular formula is C44H46N4O4. The number of hydrogen-bond donors (Lipinski definition) is 2. The van der Waals surface area contributed by atoms with Crippen molar-refractivity contribution >= 4 is 23.6 Å². The van der Waals surface area contributed by atoms with E-state index in [4.69, 9.17) is 29.8 Å². The molecule has 0 radical (unpaired) electrons. The molecule has 8 rings (SSSR count). The van der Waals surface area contributed by atoms with Crippen molar-refractivity contribution in [2.24, 2.45) is 21.8 Å². The minimum absolute atomic E-state index is 0.0884. The summed E-state index contributed by atoms with van der Waals surface area (Å²) in [6.45, 7) is 13.5. The first-order valence-electron chi connectivity index (χ1n) is 17.9. The van der Waals surface area contributed by atoms with Crippen molar-refractivity contribution in [1.82, 2.24) is 9.80 Å². The Balaban J connectivity index is 0.000000155. The number of hydrogen-bond acceptors (Lipinski definition) is 6. The number of aliphatic imine (C=N–C) groups is 2. The van der Waals surface area contributed by atoms with E-state index in [0.717, 1.165) is 52.1 Å². The molecule has 2 unspecified atom stereocenters. The van der Waals surface area contributed by atoms with Crippen LogP contribution in [0.15, 0.2) is 157 Å². The van der Waals surface area contributed by atoms with Gasteiger partial charge in [-0.25, -0.2) is 9.59 Å². The highest BCUT2D eigenvalue weighted by molar-refractivity contribution is 6.27. The molecule has 0 aromatic heterocycles. The van der Waals surface area contributed by atoms with Crippen molar-refractivity contribution in [2.75, 3.05) is 39.3 Å². The van der Waals surface area contributed by atoms with Gasteiger partial charge in [0.2, 0.25) is 0 Å². The Morgan fingerprint density at radius 3 is 1.12 bits per heavy atom. The summed E-state index contributed by atoms with van der Waals surface area (Å²) < 4.78 is 0. The molecule has 2 saturated carbocycles. The number of rotatable bonds is 10. The quantitative estimate of drug-likeness (QED) is 0.138. The molecule has 2 aliphatic carbocycles. The van der Waals surface area contributed by atoms with Crippen molar-refractivity contribution in [3.63, 3.8) is 0 Å². The maximum absolute atomic E-state index is 9.10. The number of amidine groups is 2. The first kappa shape index (κ1) is 36.0. The summed E-state index contributed by atoms with van der Waals surface area (Å²) in [5.41, 5.74) is 5.80. The third-order valence-electron chi connectivity index (χ3n) is 10.5. The molecule has 4 aromatic carbocycles. The monoisotopic (exact) mass is 694 g/mol. The lowest BCUT2D eigenvalue weighted by molar-refractivity contribution is -0.159.